The second kappa shape index (κ2) is 3.73. The Labute approximate surface area is 100 Å². The van der Waals surface area contributed by atoms with Crippen molar-refractivity contribution >= 4 is 21.9 Å². The number of ether oxygens (including phenoxy) is 1. The number of methoxy groups -OCH3 is 1. The van der Waals surface area contributed by atoms with Crippen molar-refractivity contribution in [1.82, 2.24) is 0 Å². The smallest absolute Gasteiger partial charge is 0.314 e. The van der Waals surface area contributed by atoms with Crippen molar-refractivity contribution in [2.75, 3.05) is 7.11 Å². The molecule has 0 saturated heterocycles. The van der Waals surface area contributed by atoms with Gasteiger partial charge in [0, 0.05) is 5.56 Å². The average molecular weight is 289 g/mol. The van der Waals surface area contributed by atoms with Crippen LogP contribution in [0.1, 0.15) is 18.4 Å². The molecule has 5 heteroatoms. The van der Waals surface area contributed by atoms with Crippen molar-refractivity contribution in [3.05, 3.63) is 28.0 Å². The standard InChI is InChI=1S/C11H10BrFO3/c1-16-7-3-2-6(12)9(13)8(7)11(4-5-11)10(14)15/h2-3H,4-5H2,1H3,(H,14,15). The summed E-state index contributed by atoms with van der Waals surface area (Å²) in [6.45, 7) is 0. The third-order valence-corrected chi connectivity index (χ3v) is 3.53. The topological polar surface area (TPSA) is 46.5 Å². The molecule has 1 aliphatic rings. The van der Waals surface area contributed by atoms with E-state index in [0.717, 1.165) is 0 Å². The van der Waals surface area contributed by atoms with Gasteiger partial charge in [-0.1, -0.05) is 0 Å². The van der Waals surface area contributed by atoms with Gasteiger partial charge in [-0.05, 0) is 40.9 Å². The van der Waals surface area contributed by atoms with Gasteiger partial charge in [-0.25, -0.2) is 4.39 Å². The van der Waals surface area contributed by atoms with E-state index in [9.17, 15) is 9.18 Å². The number of carboxylic acids is 1. The number of halogens is 2. The molecule has 1 aromatic rings. The summed E-state index contributed by atoms with van der Waals surface area (Å²) in [4.78, 5) is 11.2. The van der Waals surface area contributed by atoms with Gasteiger partial charge in [-0.15, -0.1) is 0 Å². The van der Waals surface area contributed by atoms with E-state index in [1.807, 2.05) is 0 Å². The molecule has 0 unspecified atom stereocenters. The highest BCUT2D eigenvalue weighted by Crippen LogP contribution is 2.53. The summed E-state index contributed by atoms with van der Waals surface area (Å²) in [5, 5.41) is 9.15. The summed E-state index contributed by atoms with van der Waals surface area (Å²) >= 11 is 3.06. The summed E-state index contributed by atoms with van der Waals surface area (Å²) in [5.41, 5.74) is -0.948. The zero-order chi connectivity index (χ0) is 11.9. The molecule has 0 heterocycles. The minimum atomic E-state index is -1.10. The van der Waals surface area contributed by atoms with Crippen LogP contribution in [-0.4, -0.2) is 18.2 Å². The predicted octanol–water partition coefficient (Wildman–Crippen LogP) is 2.71. The molecule has 2 rings (SSSR count). The number of carbonyl (C=O) groups is 1. The molecule has 3 nitrogen and oxygen atoms in total. The first-order valence-electron chi connectivity index (χ1n) is 4.79. The molecule has 1 aromatic carbocycles. The van der Waals surface area contributed by atoms with Crippen LogP contribution in [0.4, 0.5) is 4.39 Å². The fraction of sp³-hybridized carbons (Fsp3) is 0.364. The lowest BCUT2D eigenvalue weighted by molar-refractivity contribution is -0.140. The predicted molar refractivity (Wildman–Crippen MR) is 59.2 cm³/mol. The molecule has 1 saturated carbocycles. The molecule has 0 aliphatic heterocycles. The fourth-order valence-corrected chi connectivity index (χ4v) is 2.18. The quantitative estimate of drug-likeness (QED) is 0.930. The molecule has 0 spiro atoms. The van der Waals surface area contributed by atoms with Crippen molar-refractivity contribution in [3.63, 3.8) is 0 Å². The summed E-state index contributed by atoms with van der Waals surface area (Å²) in [7, 11) is 1.41. The van der Waals surface area contributed by atoms with Crippen molar-refractivity contribution in [1.29, 1.82) is 0 Å². The minimum Gasteiger partial charge on any atom is -0.496 e. The van der Waals surface area contributed by atoms with Gasteiger partial charge in [0.1, 0.15) is 11.6 Å². The molecular weight excluding hydrogens is 279 g/mol. The highest BCUT2D eigenvalue weighted by atomic mass is 79.9. The molecule has 0 bridgehead atoms. The molecule has 0 amide bonds. The van der Waals surface area contributed by atoms with Gasteiger partial charge in [-0.3, -0.25) is 4.79 Å². The molecule has 86 valence electrons. The Morgan fingerprint density at radius 2 is 2.19 bits per heavy atom. The van der Waals surface area contributed by atoms with Crippen LogP contribution in [0, 0.1) is 5.82 Å². The van der Waals surface area contributed by atoms with Gasteiger partial charge in [0.15, 0.2) is 0 Å². The SMILES string of the molecule is COc1ccc(Br)c(F)c1C1(C(=O)O)CC1. The van der Waals surface area contributed by atoms with Crippen LogP contribution < -0.4 is 4.74 Å². The summed E-state index contributed by atoms with van der Waals surface area (Å²) in [6.07, 6.45) is 0.901. The fourth-order valence-electron chi connectivity index (χ4n) is 1.84. The maximum atomic E-state index is 14.0. The largest absolute Gasteiger partial charge is 0.496 e. The second-order valence-corrected chi connectivity index (χ2v) is 4.68. The monoisotopic (exact) mass is 288 g/mol. The zero-order valence-corrected chi connectivity index (χ0v) is 10.2. The van der Waals surface area contributed by atoms with E-state index >= 15 is 0 Å². The van der Waals surface area contributed by atoms with Gasteiger partial charge >= 0.3 is 5.97 Å². The minimum absolute atomic E-state index is 0.150. The Morgan fingerprint density at radius 1 is 1.56 bits per heavy atom. The molecule has 1 fully saturated rings. The molecule has 0 aromatic heterocycles. The Bertz CT molecular complexity index is 455. The van der Waals surface area contributed by atoms with E-state index in [0.29, 0.717) is 18.6 Å². The van der Waals surface area contributed by atoms with E-state index in [2.05, 4.69) is 15.9 Å². The van der Waals surface area contributed by atoms with Gasteiger partial charge in [-0.2, -0.15) is 0 Å². The Balaban J connectivity index is 2.63. The Morgan fingerprint density at radius 3 is 2.62 bits per heavy atom. The van der Waals surface area contributed by atoms with Crippen molar-refractivity contribution < 1.29 is 19.0 Å². The maximum absolute atomic E-state index is 14.0. The second-order valence-electron chi connectivity index (χ2n) is 3.83. The van der Waals surface area contributed by atoms with E-state index < -0.39 is 17.2 Å². The number of hydrogen-bond acceptors (Lipinski definition) is 2. The Kier molecular flexibility index (Phi) is 2.66. The number of benzene rings is 1. The van der Waals surface area contributed by atoms with E-state index in [1.165, 1.54) is 13.2 Å². The molecule has 1 N–H and O–H groups in total. The molecule has 16 heavy (non-hydrogen) atoms. The first kappa shape index (κ1) is 11.4. The van der Waals surface area contributed by atoms with E-state index in [4.69, 9.17) is 9.84 Å². The highest BCUT2D eigenvalue weighted by Gasteiger charge is 2.55. The molecule has 0 atom stereocenters. The number of hydrogen-bond donors (Lipinski definition) is 1. The molecule has 1 aliphatic carbocycles. The summed E-state index contributed by atoms with van der Waals surface area (Å²) in [6, 6.07) is 3.08. The van der Waals surface area contributed by atoms with E-state index in [1.54, 1.807) is 6.07 Å². The average Bonchev–Trinajstić information content (AvgIpc) is 3.03. The number of aliphatic carboxylic acids is 1. The van der Waals surface area contributed by atoms with Gasteiger partial charge in [0.25, 0.3) is 0 Å². The number of rotatable bonds is 3. The van der Waals surface area contributed by atoms with Crippen LogP contribution in [0.15, 0.2) is 16.6 Å². The van der Waals surface area contributed by atoms with Gasteiger partial charge in [0.2, 0.25) is 0 Å². The van der Waals surface area contributed by atoms with Crippen LogP contribution in [0.2, 0.25) is 0 Å². The molecular formula is C11H10BrFO3. The van der Waals surface area contributed by atoms with E-state index in [-0.39, 0.29) is 10.0 Å². The first-order valence-corrected chi connectivity index (χ1v) is 5.58. The van der Waals surface area contributed by atoms with Crippen molar-refractivity contribution in [3.8, 4) is 5.75 Å². The van der Waals surface area contributed by atoms with Crippen molar-refractivity contribution in [2.24, 2.45) is 0 Å². The third-order valence-electron chi connectivity index (χ3n) is 2.91. The number of carboxylic acid groups (broad SMARTS) is 1. The Hall–Kier alpha value is -1.10. The van der Waals surface area contributed by atoms with Crippen LogP contribution in [0.5, 0.6) is 5.75 Å². The highest BCUT2D eigenvalue weighted by molar-refractivity contribution is 9.10. The third kappa shape index (κ3) is 1.50. The van der Waals surface area contributed by atoms with Crippen LogP contribution in [0.25, 0.3) is 0 Å². The maximum Gasteiger partial charge on any atom is 0.314 e. The van der Waals surface area contributed by atoms with Crippen LogP contribution in [-0.2, 0) is 10.2 Å². The van der Waals surface area contributed by atoms with Crippen LogP contribution >= 0.6 is 15.9 Å². The van der Waals surface area contributed by atoms with Crippen LogP contribution in [0.3, 0.4) is 0 Å². The lowest BCUT2D eigenvalue weighted by Gasteiger charge is -2.16. The summed E-state index contributed by atoms with van der Waals surface area (Å²) < 4.78 is 19.2. The lowest BCUT2D eigenvalue weighted by Crippen LogP contribution is -2.22. The lowest BCUT2D eigenvalue weighted by atomic mass is 9.94. The van der Waals surface area contributed by atoms with Crippen molar-refractivity contribution in [2.45, 2.75) is 18.3 Å². The van der Waals surface area contributed by atoms with Gasteiger partial charge < -0.3 is 9.84 Å². The normalized spacial score (nSPS) is 16.9. The molecule has 0 radical (unpaired) electrons. The zero-order valence-electron chi connectivity index (χ0n) is 8.59. The summed E-state index contributed by atoms with van der Waals surface area (Å²) in [5.74, 6) is -1.25. The first-order chi connectivity index (χ1) is 7.53. The van der Waals surface area contributed by atoms with Gasteiger partial charge in [0.05, 0.1) is 17.0 Å².